The lowest BCUT2D eigenvalue weighted by Gasteiger charge is -2.35. The van der Waals surface area contributed by atoms with Crippen LogP contribution < -0.4 is 10.6 Å². The number of sulfone groups is 1. The Morgan fingerprint density at radius 3 is 2.67 bits per heavy atom. The van der Waals surface area contributed by atoms with E-state index in [-0.39, 0.29) is 10.8 Å². The first-order valence-corrected chi connectivity index (χ1v) is 9.09. The molecule has 5 nitrogen and oxygen atoms in total. The zero-order valence-corrected chi connectivity index (χ0v) is 13.3. The Hall–Kier alpha value is -1.40. The van der Waals surface area contributed by atoms with Gasteiger partial charge in [0.1, 0.15) is 0 Å². The van der Waals surface area contributed by atoms with Gasteiger partial charge in [-0.3, -0.25) is 4.79 Å². The maximum Gasteiger partial charge on any atom is 0.231 e. The number of hydrogen-bond donors (Lipinski definition) is 2. The van der Waals surface area contributed by atoms with Gasteiger partial charge in [0.2, 0.25) is 5.91 Å². The molecular formula is C15H22N2O3S. The number of rotatable bonds is 4. The summed E-state index contributed by atoms with van der Waals surface area (Å²) >= 11 is 0. The summed E-state index contributed by atoms with van der Waals surface area (Å²) in [6.07, 6.45) is 3.65. The van der Waals surface area contributed by atoms with Crippen molar-refractivity contribution in [1.82, 2.24) is 5.32 Å². The Labute approximate surface area is 126 Å². The van der Waals surface area contributed by atoms with Gasteiger partial charge in [-0.05, 0) is 37.9 Å². The Bertz CT molecular complexity index is 620. The van der Waals surface area contributed by atoms with Gasteiger partial charge in [-0.1, -0.05) is 19.1 Å². The third-order valence-electron chi connectivity index (χ3n) is 4.17. The molecule has 1 fully saturated rings. The molecule has 1 aliphatic rings. The summed E-state index contributed by atoms with van der Waals surface area (Å²) in [6.45, 7) is 3.56. The number of nitrogens with one attached hydrogen (secondary N) is 2. The molecular weight excluding hydrogens is 288 g/mol. The van der Waals surface area contributed by atoms with Gasteiger partial charge >= 0.3 is 0 Å². The fourth-order valence-corrected chi connectivity index (χ4v) is 3.62. The van der Waals surface area contributed by atoms with Gasteiger partial charge in [0.15, 0.2) is 9.84 Å². The normalized spacial score (nSPS) is 22.8. The molecule has 1 aliphatic heterocycles. The van der Waals surface area contributed by atoms with E-state index in [1.807, 2.05) is 6.92 Å². The first kappa shape index (κ1) is 16.0. The van der Waals surface area contributed by atoms with Crippen LogP contribution >= 0.6 is 0 Å². The van der Waals surface area contributed by atoms with Gasteiger partial charge in [0.05, 0.1) is 16.0 Å². The number of carbonyl (C=O) groups excluding carboxylic acids is 1. The van der Waals surface area contributed by atoms with E-state index >= 15 is 0 Å². The van der Waals surface area contributed by atoms with Crippen LogP contribution in [0, 0.1) is 5.41 Å². The fourth-order valence-electron chi connectivity index (χ4n) is 2.77. The van der Waals surface area contributed by atoms with Crippen molar-refractivity contribution in [1.29, 1.82) is 0 Å². The Morgan fingerprint density at radius 1 is 1.38 bits per heavy atom. The summed E-state index contributed by atoms with van der Waals surface area (Å²) in [5.41, 5.74) is -0.0912. The monoisotopic (exact) mass is 310 g/mol. The molecule has 1 atom stereocenters. The van der Waals surface area contributed by atoms with Crippen molar-refractivity contribution >= 4 is 21.4 Å². The second kappa shape index (κ2) is 6.15. The van der Waals surface area contributed by atoms with Gasteiger partial charge in [0, 0.05) is 12.8 Å². The molecule has 1 amide bonds. The molecule has 2 N–H and O–H groups in total. The number of amides is 1. The molecule has 1 aromatic rings. The molecule has 1 saturated heterocycles. The standard InChI is InChI=1S/C15H22N2O3S/c1-3-15(9-6-10-16-11-15)14(18)17-12-7-4-5-8-13(12)21(2,19)20/h4-5,7-8,16H,3,6,9-11H2,1-2H3,(H,17,18). The minimum Gasteiger partial charge on any atom is -0.324 e. The van der Waals surface area contributed by atoms with Crippen LogP contribution in [0.25, 0.3) is 0 Å². The molecule has 2 rings (SSSR count). The van der Waals surface area contributed by atoms with Gasteiger partial charge in [-0.2, -0.15) is 0 Å². The first-order valence-electron chi connectivity index (χ1n) is 7.20. The number of carbonyl (C=O) groups is 1. The predicted molar refractivity (Wildman–Crippen MR) is 83.0 cm³/mol. The van der Waals surface area contributed by atoms with Crippen molar-refractivity contribution < 1.29 is 13.2 Å². The SMILES string of the molecule is CCC1(C(=O)Nc2ccccc2S(C)(=O)=O)CCCNC1. The molecule has 0 aromatic heterocycles. The van der Waals surface area contributed by atoms with Crippen molar-refractivity contribution in [3.8, 4) is 0 Å². The van der Waals surface area contributed by atoms with E-state index in [0.29, 0.717) is 12.2 Å². The summed E-state index contributed by atoms with van der Waals surface area (Å²) in [4.78, 5) is 12.8. The maximum atomic E-state index is 12.7. The van der Waals surface area contributed by atoms with Crippen molar-refractivity contribution in [2.24, 2.45) is 5.41 Å². The lowest BCUT2D eigenvalue weighted by Crippen LogP contribution is -2.47. The van der Waals surface area contributed by atoms with E-state index in [1.54, 1.807) is 18.2 Å². The quantitative estimate of drug-likeness (QED) is 0.889. The van der Waals surface area contributed by atoms with E-state index in [0.717, 1.165) is 32.1 Å². The molecule has 6 heteroatoms. The van der Waals surface area contributed by atoms with Gasteiger partial charge in [-0.25, -0.2) is 8.42 Å². The molecule has 0 saturated carbocycles. The van der Waals surface area contributed by atoms with Crippen LogP contribution in [0.15, 0.2) is 29.2 Å². The third kappa shape index (κ3) is 3.44. The van der Waals surface area contributed by atoms with Crippen LogP contribution in [-0.2, 0) is 14.6 Å². The average molecular weight is 310 g/mol. The summed E-state index contributed by atoms with van der Waals surface area (Å²) < 4.78 is 23.6. The van der Waals surface area contributed by atoms with Crippen LogP contribution in [0.2, 0.25) is 0 Å². The number of hydrogen-bond acceptors (Lipinski definition) is 4. The minimum atomic E-state index is -3.37. The number of benzene rings is 1. The smallest absolute Gasteiger partial charge is 0.231 e. The largest absolute Gasteiger partial charge is 0.324 e. The Morgan fingerprint density at radius 2 is 2.10 bits per heavy atom. The third-order valence-corrected chi connectivity index (χ3v) is 5.32. The van der Waals surface area contributed by atoms with E-state index in [9.17, 15) is 13.2 Å². The molecule has 1 heterocycles. The maximum absolute atomic E-state index is 12.7. The van der Waals surface area contributed by atoms with Crippen LogP contribution in [0.3, 0.4) is 0 Å². The summed E-state index contributed by atoms with van der Waals surface area (Å²) in [5, 5.41) is 6.08. The second-order valence-corrected chi connectivity index (χ2v) is 7.62. The number of anilines is 1. The highest BCUT2D eigenvalue weighted by molar-refractivity contribution is 7.90. The number of piperidine rings is 1. The molecule has 0 aliphatic carbocycles. The topological polar surface area (TPSA) is 75.3 Å². The lowest BCUT2D eigenvalue weighted by molar-refractivity contribution is -0.126. The highest BCUT2D eigenvalue weighted by Gasteiger charge is 2.38. The minimum absolute atomic E-state index is 0.103. The highest BCUT2D eigenvalue weighted by atomic mass is 32.2. The zero-order valence-electron chi connectivity index (χ0n) is 12.5. The summed E-state index contributed by atoms with van der Waals surface area (Å²) in [5.74, 6) is -0.103. The van der Waals surface area contributed by atoms with Crippen LogP contribution in [0.5, 0.6) is 0 Å². The zero-order chi connectivity index (χ0) is 15.5. The van der Waals surface area contributed by atoms with Gasteiger partial charge in [-0.15, -0.1) is 0 Å². The van der Waals surface area contributed by atoms with Crippen molar-refractivity contribution in [2.75, 3.05) is 24.7 Å². The molecule has 0 spiro atoms. The molecule has 0 radical (unpaired) electrons. The van der Waals surface area contributed by atoms with E-state index in [4.69, 9.17) is 0 Å². The van der Waals surface area contributed by atoms with Gasteiger partial charge in [0.25, 0.3) is 0 Å². The summed E-state index contributed by atoms with van der Waals surface area (Å²) in [6, 6.07) is 6.53. The number of para-hydroxylation sites is 1. The predicted octanol–water partition coefficient (Wildman–Crippen LogP) is 1.81. The molecule has 0 bridgehead atoms. The van der Waals surface area contributed by atoms with Crippen LogP contribution in [0.1, 0.15) is 26.2 Å². The highest BCUT2D eigenvalue weighted by Crippen LogP contribution is 2.32. The van der Waals surface area contributed by atoms with E-state index < -0.39 is 15.3 Å². The van der Waals surface area contributed by atoms with Crippen molar-refractivity contribution in [2.45, 2.75) is 31.1 Å². The van der Waals surface area contributed by atoms with Crippen molar-refractivity contribution in [3.05, 3.63) is 24.3 Å². The molecule has 1 unspecified atom stereocenters. The first-order chi connectivity index (χ1) is 9.89. The van der Waals surface area contributed by atoms with Crippen LogP contribution in [0.4, 0.5) is 5.69 Å². The van der Waals surface area contributed by atoms with E-state index in [1.165, 1.54) is 6.07 Å². The Balaban J connectivity index is 2.28. The van der Waals surface area contributed by atoms with Gasteiger partial charge < -0.3 is 10.6 Å². The van der Waals surface area contributed by atoms with Crippen molar-refractivity contribution in [3.63, 3.8) is 0 Å². The molecule has 116 valence electrons. The van der Waals surface area contributed by atoms with E-state index in [2.05, 4.69) is 10.6 Å². The van der Waals surface area contributed by atoms with Crippen LogP contribution in [-0.4, -0.2) is 33.7 Å². The summed E-state index contributed by atoms with van der Waals surface area (Å²) in [7, 11) is -3.37. The molecule has 1 aromatic carbocycles. The average Bonchev–Trinajstić information content (AvgIpc) is 2.47. The molecule has 21 heavy (non-hydrogen) atoms. The second-order valence-electron chi connectivity index (χ2n) is 5.64. The Kier molecular flexibility index (Phi) is 4.68. The lowest BCUT2D eigenvalue weighted by atomic mass is 9.77. The fraction of sp³-hybridized carbons (Fsp3) is 0.533.